The van der Waals surface area contributed by atoms with Gasteiger partial charge in [-0.3, -0.25) is 0 Å². The molecule has 0 aliphatic heterocycles. The number of hydrogen-bond acceptors (Lipinski definition) is 1. The lowest BCUT2D eigenvalue weighted by molar-refractivity contribution is 0.606. The second-order valence-electron chi connectivity index (χ2n) is 4.88. The van der Waals surface area contributed by atoms with Crippen LogP contribution in [0.2, 0.25) is 10.0 Å². The molecule has 2 rings (SSSR count). The fraction of sp³-hybridized carbons (Fsp3) is 0.250. The lowest BCUT2D eigenvalue weighted by Crippen LogP contribution is -2.13. The Hall–Kier alpha value is -1.09. The van der Waals surface area contributed by atoms with Crippen LogP contribution in [0.3, 0.4) is 0 Å². The maximum atomic E-state index is 13.5. The largest absolute Gasteiger partial charge is 0.309 e. The summed E-state index contributed by atoms with van der Waals surface area (Å²) >= 11 is 12.0. The molecule has 0 aliphatic carbocycles. The molecular formula is C16H16Cl2FN. The van der Waals surface area contributed by atoms with E-state index < -0.39 is 0 Å². The van der Waals surface area contributed by atoms with Gasteiger partial charge in [-0.25, -0.2) is 4.39 Å². The van der Waals surface area contributed by atoms with E-state index in [1.54, 1.807) is 26.0 Å². The molecule has 0 atom stereocenters. The second-order valence-corrected chi connectivity index (χ2v) is 5.73. The van der Waals surface area contributed by atoms with Crippen molar-refractivity contribution in [3.8, 4) is 0 Å². The van der Waals surface area contributed by atoms with Crippen molar-refractivity contribution in [2.75, 3.05) is 0 Å². The van der Waals surface area contributed by atoms with Crippen LogP contribution in [0, 0.1) is 19.7 Å². The summed E-state index contributed by atoms with van der Waals surface area (Å²) in [6, 6.07) is 9.11. The molecule has 106 valence electrons. The molecule has 0 aromatic heterocycles. The maximum absolute atomic E-state index is 13.5. The minimum atomic E-state index is -0.133. The molecule has 0 saturated heterocycles. The lowest BCUT2D eigenvalue weighted by Gasteiger charge is -2.10. The first-order valence-electron chi connectivity index (χ1n) is 6.37. The molecule has 0 bridgehead atoms. The quantitative estimate of drug-likeness (QED) is 0.834. The molecule has 0 unspecified atom stereocenters. The van der Waals surface area contributed by atoms with Crippen molar-refractivity contribution in [2.24, 2.45) is 0 Å². The van der Waals surface area contributed by atoms with Gasteiger partial charge >= 0.3 is 0 Å². The van der Waals surface area contributed by atoms with Crippen molar-refractivity contribution in [3.05, 3.63) is 68.4 Å². The van der Waals surface area contributed by atoms with E-state index in [0.717, 1.165) is 11.1 Å². The van der Waals surface area contributed by atoms with Crippen LogP contribution < -0.4 is 5.32 Å². The van der Waals surface area contributed by atoms with Crippen molar-refractivity contribution in [3.63, 3.8) is 0 Å². The number of halogens is 3. The fourth-order valence-corrected chi connectivity index (χ4v) is 2.54. The summed E-state index contributed by atoms with van der Waals surface area (Å²) in [5.41, 5.74) is 3.35. The molecule has 0 fully saturated rings. The molecule has 1 nitrogen and oxygen atoms in total. The zero-order chi connectivity index (χ0) is 14.7. The van der Waals surface area contributed by atoms with Crippen molar-refractivity contribution in [2.45, 2.75) is 26.9 Å². The van der Waals surface area contributed by atoms with Crippen LogP contribution >= 0.6 is 23.2 Å². The average molecular weight is 312 g/mol. The predicted molar refractivity (Wildman–Crippen MR) is 82.9 cm³/mol. The first-order valence-corrected chi connectivity index (χ1v) is 7.13. The van der Waals surface area contributed by atoms with Crippen LogP contribution in [0.5, 0.6) is 0 Å². The summed E-state index contributed by atoms with van der Waals surface area (Å²) in [5, 5.41) is 4.65. The summed E-state index contributed by atoms with van der Waals surface area (Å²) in [5.74, 6) is -0.133. The highest BCUT2D eigenvalue weighted by Crippen LogP contribution is 2.20. The normalized spacial score (nSPS) is 10.8. The molecule has 0 spiro atoms. The topological polar surface area (TPSA) is 12.0 Å². The molecule has 20 heavy (non-hydrogen) atoms. The van der Waals surface area contributed by atoms with E-state index in [4.69, 9.17) is 23.2 Å². The summed E-state index contributed by atoms with van der Waals surface area (Å²) in [6.45, 7) is 4.83. The number of nitrogens with one attached hydrogen (secondary N) is 1. The average Bonchev–Trinajstić information content (AvgIpc) is 2.40. The molecular weight excluding hydrogens is 296 g/mol. The van der Waals surface area contributed by atoms with Gasteiger partial charge in [0, 0.05) is 23.1 Å². The van der Waals surface area contributed by atoms with Crippen LogP contribution in [0.15, 0.2) is 30.3 Å². The molecule has 0 aliphatic rings. The Kier molecular flexibility index (Phi) is 5.03. The maximum Gasteiger partial charge on any atom is 0.129 e. The Morgan fingerprint density at radius 3 is 2.30 bits per heavy atom. The standard InChI is InChI=1S/C16H16Cl2FN/c1-10-5-12(6-11(2)16(10)19)8-20-9-13-7-14(17)3-4-15(13)18/h3-7,20H,8-9H2,1-2H3. The lowest BCUT2D eigenvalue weighted by atomic mass is 10.1. The number of rotatable bonds is 4. The van der Waals surface area contributed by atoms with Crippen molar-refractivity contribution in [1.29, 1.82) is 0 Å². The van der Waals surface area contributed by atoms with Gasteiger partial charge in [-0.1, -0.05) is 35.3 Å². The third kappa shape index (κ3) is 3.72. The zero-order valence-electron chi connectivity index (χ0n) is 11.4. The van der Waals surface area contributed by atoms with Gasteiger partial charge in [-0.15, -0.1) is 0 Å². The first kappa shape index (κ1) is 15.3. The van der Waals surface area contributed by atoms with Gasteiger partial charge in [0.05, 0.1) is 0 Å². The first-order chi connectivity index (χ1) is 9.47. The summed E-state index contributed by atoms with van der Waals surface area (Å²) in [4.78, 5) is 0. The molecule has 0 radical (unpaired) electrons. The van der Waals surface area contributed by atoms with Gasteiger partial charge in [0.15, 0.2) is 0 Å². The molecule has 1 N–H and O–H groups in total. The molecule has 4 heteroatoms. The molecule has 0 saturated carbocycles. The number of aryl methyl sites for hydroxylation is 2. The molecule has 0 amide bonds. The van der Waals surface area contributed by atoms with E-state index in [1.165, 1.54) is 0 Å². The Labute approximate surface area is 128 Å². The van der Waals surface area contributed by atoms with Crippen molar-refractivity contribution >= 4 is 23.2 Å². The molecule has 2 aromatic rings. The predicted octanol–water partition coefficient (Wildman–Crippen LogP) is 5.04. The highest BCUT2D eigenvalue weighted by Gasteiger charge is 2.05. The van der Waals surface area contributed by atoms with E-state index in [9.17, 15) is 4.39 Å². The van der Waals surface area contributed by atoms with E-state index in [0.29, 0.717) is 34.3 Å². The third-order valence-electron chi connectivity index (χ3n) is 3.15. The number of benzene rings is 2. The van der Waals surface area contributed by atoms with Gasteiger partial charge in [-0.2, -0.15) is 0 Å². The zero-order valence-corrected chi connectivity index (χ0v) is 12.9. The fourth-order valence-electron chi connectivity index (χ4n) is 2.16. The minimum absolute atomic E-state index is 0.133. The Morgan fingerprint density at radius 2 is 1.65 bits per heavy atom. The smallest absolute Gasteiger partial charge is 0.129 e. The summed E-state index contributed by atoms with van der Waals surface area (Å²) in [6.07, 6.45) is 0. The van der Waals surface area contributed by atoms with Gasteiger partial charge in [0.2, 0.25) is 0 Å². The monoisotopic (exact) mass is 311 g/mol. The van der Waals surface area contributed by atoms with Gasteiger partial charge in [0.1, 0.15) is 5.82 Å². The van der Waals surface area contributed by atoms with Gasteiger partial charge < -0.3 is 5.32 Å². The van der Waals surface area contributed by atoms with Crippen LogP contribution in [0.4, 0.5) is 4.39 Å². The Morgan fingerprint density at radius 1 is 1.00 bits per heavy atom. The van der Waals surface area contributed by atoms with Crippen molar-refractivity contribution < 1.29 is 4.39 Å². The number of hydrogen-bond donors (Lipinski definition) is 1. The van der Waals surface area contributed by atoms with Crippen molar-refractivity contribution in [1.82, 2.24) is 5.32 Å². The highest BCUT2D eigenvalue weighted by atomic mass is 35.5. The Bertz CT molecular complexity index is 603. The highest BCUT2D eigenvalue weighted by molar-refractivity contribution is 6.33. The van der Waals surface area contributed by atoms with Crippen LogP contribution in [0.25, 0.3) is 0 Å². The SMILES string of the molecule is Cc1cc(CNCc2cc(Cl)ccc2Cl)cc(C)c1F. The van der Waals surface area contributed by atoms with E-state index >= 15 is 0 Å². The third-order valence-corrected chi connectivity index (χ3v) is 3.75. The van der Waals surface area contributed by atoms with Crippen LogP contribution in [-0.4, -0.2) is 0 Å². The van der Waals surface area contributed by atoms with Crippen LogP contribution in [-0.2, 0) is 13.1 Å². The van der Waals surface area contributed by atoms with E-state index in [-0.39, 0.29) is 5.82 Å². The van der Waals surface area contributed by atoms with E-state index in [2.05, 4.69) is 5.32 Å². The molecule has 2 aromatic carbocycles. The van der Waals surface area contributed by atoms with Gasteiger partial charge in [0.25, 0.3) is 0 Å². The second kappa shape index (κ2) is 6.57. The molecule has 0 heterocycles. The van der Waals surface area contributed by atoms with Crippen LogP contribution in [0.1, 0.15) is 22.3 Å². The summed E-state index contributed by atoms with van der Waals surface area (Å²) in [7, 11) is 0. The van der Waals surface area contributed by atoms with Gasteiger partial charge in [-0.05, 0) is 54.3 Å². The Balaban J connectivity index is 2.01. The van der Waals surface area contributed by atoms with E-state index in [1.807, 2.05) is 18.2 Å². The minimum Gasteiger partial charge on any atom is -0.309 e. The summed E-state index contributed by atoms with van der Waals surface area (Å²) < 4.78 is 13.5.